The molecule has 0 aliphatic carbocycles. The first-order valence-electron chi connectivity index (χ1n) is 8.14. The Morgan fingerprint density at radius 2 is 1.75 bits per heavy atom. The maximum Gasteiger partial charge on any atom is 0.190 e. The van der Waals surface area contributed by atoms with E-state index in [2.05, 4.69) is 15.6 Å². The molecule has 4 nitrogen and oxygen atoms in total. The molecular formula is C19H24FN3O. The molecule has 0 saturated carbocycles. The van der Waals surface area contributed by atoms with Crippen LogP contribution in [0.4, 0.5) is 4.39 Å². The average Bonchev–Trinajstić information content (AvgIpc) is 2.58. The highest BCUT2D eigenvalue weighted by Gasteiger charge is 1.99. The van der Waals surface area contributed by atoms with Gasteiger partial charge in [0.15, 0.2) is 5.96 Å². The number of phenolic OH excluding ortho intramolecular Hbond substituents is 1. The Kier molecular flexibility index (Phi) is 7.08. The number of aryl methyl sites for hydroxylation is 1. The van der Waals surface area contributed by atoms with Gasteiger partial charge in [-0.05, 0) is 54.7 Å². The van der Waals surface area contributed by atoms with E-state index in [9.17, 15) is 9.50 Å². The van der Waals surface area contributed by atoms with Gasteiger partial charge in [0, 0.05) is 20.1 Å². The van der Waals surface area contributed by atoms with E-state index in [4.69, 9.17) is 0 Å². The molecule has 2 aromatic rings. The van der Waals surface area contributed by atoms with Crippen molar-refractivity contribution in [3.63, 3.8) is 0 Å². The van der Waals surface area contributed by atoms with E-state index < -0.39 is 0 Å². The van der Waals surface area contributed by atoms with E-state index in [1.807, 2.05) is 18.2 Å². The molecule has 5 heteroatoms. The summed E-state index contributed by atoms with van der Waals surface area (Å²) in [7, 11) is 1.73. The lowest BCUT2D eigenvalue weighted by atomic mass is 10.1. The van der Waals surface area contributed by atoms with Gasteiger partial charge in [-0.2, -0.15) is 0 Å². The van der Waals surface area contributed by atoms with E-state index in [1.165, 1.54) is 11.6 Å². The molecule has 0 fully saturated rings. The van der Waals surface area contributed by atoms with Crippen molar-refractivity contribution in [3.05, 3.63) is 65.5 Å². The second-order valence-electron chi connectivity index (χ2n) is 5.58. The highest BCUT2D eigenvalue weighted by Crippen LogP contribution is 2.10. The van der Waals surface area contributed by atoms with Crippen LogP contribution in [0.2, 0.25) is 0 Å². The number of benzene rings is 2. The topological polar surface area (TPSA) is 56.7 Å². The van der Waals surface area contributed by atoms with Crippen molar-refractivity contribution in [1.82, 2.24) is 10.6 Å². The number of halogens is 1. The van der Waals surface area contributed by atoms with Crippen LogP contribution in [0.15, 0.2) is 53.5 Å². The Morgan fingerprint density at radius 1 is 1.00 bits per heavy atom. The molecule has 128 valence electrons. The summed E-state index contributed by atoms with van der Waals surface area (Å²) in [6.07, 6.45) is 2.65. The van der Waals surface area contributed by atoms with Gasteiger partial charge < -0.3 is 15.7 Å². The lowest BCUT2D eigenvalue weighted by Gasteiger charge is -2.12. The van der Waals surface area contributed by atoms with Gasteiger partial charge in [-0.1, -0.05) is 24.3 Å². The summed E-state index contributed by atoms with van der Waals surface area (Å²) >= 11 is 0. The molecule has 3 N–H and O–H groups in total. The number of nitrogens with zero attached hydrogens (tertiary/aromatic N) is 1. The van der Waals surface area contributed by atoms with Crippen molar-refractivity contribution in [2.75, 3.05) is 20.1 Å². The normalized spacial score (nSPS) is 11.3. The Balaban J connectivity index is 1.64. The molecule has 0 heterocycles. The SMILES string of the molecule is CN=C(NCCCc1ccc(O)cc1)NCCc1cccc(F)c1. The molecule has 0 radical (unpaired) electrons. The summed E-state index contributed by atoms with van der Waals surface area (Å²) in [4.78, 5) is 4.18. The number of guanidine groups is 1. The zero-order chi connectivity index (χ0) is 17.2. The quantitative estimate of drug-likeness (QED) is 0.416. The van der Waals surface area contributed by atoms with Gasteiger partial charge >= 0.3 is 0 Å². The van der Waals surface area contributed by atoms with Crippen LogP contribution < -0.4 is 10.6 Å². The molecule has 0 unspecified atom stereocenters. The number of rotatable bonds is 7. The van der Waals surface area contributed by atoms with E-state index in [0.717, 1.165) is 37.3 Å². The van der Waals surface area contributed by atoms with Crippen molar-refractivity contribution in [2.24, 2.45) is 4.99 Å². The molecule has 0 bridgehead atoms. The second kappa shape index (κ2) is 9.55. The fraction of sp³-hybridized carbons (Fsp3) is 0.316. The molecular weight excluding hydrogens is 305 g/mol. The smallest absolute Gasteiger partial charge is 0.190 e. The van der Waals surface area contributed by atoms with E-state index in [0.29, 0.717) is 12.3 Å². The van der Waals surface area contributed by atoms with E-state index in [-0.39, 0.29) is 5.82 Å². The summed E-state index contributed by atoms with van der Waals surface area (Å²) in [5, 5.41) is 15.7. The van der Waals surface area contributed by atoms with Gasteiger partial charge in [0.1, 0.15) is 11.6 Å². The van der Waals surface area contributed by atoms with Crippen LogP contribution in [-0.4, -0.2) is 31.2 Å². The second-order valence-corrected chi connectivity index (χ2v) is 5.58. The highest BCUT2D eigenvalue weighted by atomic mass is 19.1. The maximum absolute atomic E-state index is 13.1. The molecule has 0 saturated heterocycles. The first-order valence-corrected chi connectivity index (χ1v) is 8.14. The molecule has 0 amide bonds. The number of aliphatic imine (C=N–C) groups is 1. The van der Waals surface area contributed by atoms with Crippen LogP contribution in [0.3, 0.4) is 0 Å². The fourth-order valence-corrected chi connectivity index (χ4v) is 2.40. The maximum atomic E-state index is 13.1. The van der Waals surface area contributed by atoms with Crippen LogP contribution in [-0.2, 0) is 12.8 Å². The van der Waals surface area contributed by atoms with Crippen LogP contribution in [0, 0.1) is 5.82 Å². The Hall–Kier alpha value is -2.56. The van der Waals surface area contributed by atoms with Gasteiger partial charge in [0.05, 0.1) is 0 Å². The summed E-state index contributed by atoms with van der Waals surface area (Å²) in [5.41, 5.74) is 2.16. The average molecular weight is 329 g/mol. The monoisotopic (exact) mass is 329 g/mol. The number of nitrogens with one attached hydrogen (secondary N) is 2. The molecule has 0 aliphatic rings. The predicted molar refractivity (Wildman–Crippen MR) is 95.9 cm³/mol. The molecule has 0 aromatic heterocycles. The van der Waals surface area contributed by atoms with Crippen LogP contribution in [0.1, 0.15) is 17.5 Å². The third-order valence-electron chi connectivity index (χ3n) is 3.69. The van der Waals surface area contributed by atoms with Crippen molar-refractivity contribution in [1.29, 1.82) is 0 Å². The molecule has 0 atom stereocenters. The lowest BCUT2D eigenvalue weighted by Crippen LogP contribution is -2.38. The van der Waals surface area contributed by atoms with Crippen molar-refractivity contribution in [2.45, 2.75) is 19.3 Å². The Morgan fingerprint density at radius 3 is 2.46 bits per heavy atom. The minimum atomic E-state index is -0.204. The fourth-order valence-electron chi connectivity index (χ4n) is 2.40. The molecule has 0 spiro atoms. The minimum Gasteiger partial charge on any atom is -0.508 e. The Labute approximate surface area is 142 Å². The Bertz CT molecular complexity index is 656. The van der Waals surface area contributed by atoms with Gasteiger partial charge in [-0.15, -0.1) is 0 Å². The largest absolute Gasteiger partial charge is 0.508 e. The summed E-state index contributed by atoms with van der Waals surface area (Å²) < 4.78 is 13.1. The number of hydrogen-bond donors (Lipinski definition) is 3. The van der Waals surface area contributed by atoms with Crippen LogP contribution in [0.25, 0.3) is 0 Å². The predicted octanol–water partition coefficient (Wildman–Crippen LogP) is 2.87. The minimum absolute atomic E-state index is 0.204. The lowest BCUT2D eigenvalue weighted by molar-refractivity contribution is 0.475. The summed E-state index contributed by atoms with van der Waals surface area (Å²) in [6.45, 7) is 1.50. The van der Waals surface area contributed by atoms with Crippen LogP contribution in [0.5, 0.6) is 5.75 Å². The van der Waals surface area contributed by atoms with Gasteiger partial charge in [-0.3, -0.25) is 4.99 Å². The van der Waals surface area contributed by atoms with Crippen molar-refractivity contribution < 1.29 is 9.50 Å². The van der Waals surface area contributed by atoms with Gasteiger partial charge in [0.2, 0.25) is 0 Å². The van der Waals surface area contributed by atoms with Gasteiger partial charge in [0.25, 0.3) is 0 Å². The van der Waals surface area contributed by atoms with Crippen LogP contribution >= 0.6 is 0 Å². The number of phenols is 1. The first-order chi connectivity index (χ1) is 11.7. The number of aromatic hydroxyl groups is 1. The zero-order valence-corrected chi connectivity index (χ0v) is 13.9. The number of hydrogen-bond acceptors (Lipinski definition) is 2. The highest BCUT2D eigenvalue weighted by molar-refractivity contribution is 5.79. The summed E-state index contributed by atoms with van der Waals surface area (Å²) in [6, 6.07) is 13.9. The molecule has 2 rings (SSSR count). The third kappa shape index (κ3) is 6.28. The third-order valence-corrected chi connectivity index (χ3v) is 3.69. The zero-order valence-electron chi connectivity index (χ0n) is 13.9. The van der Waals surface area contributed by atoms with Crippen molar-refractivity contribution in [3.8, 4) is 5.75 Å². The summed E-state index contributed by atoms with van der Waals surface area (Å²) in [5.74, 6) is 0.834. The van der Waals surface area contributed by atoms with Crippen molar-refractivity contribution >= 4 is 5.96 Å². The standard InChI is InChI=1S/C19H24FN3O/c1-21-19(23-13-11-16-4-2-6-17(20)14-16)22-12-3-5-15-7-9-18(24)10-8-15/h2,4,6-10,14,24H,3,5,11-13H2,1H3,(H2,21,22,23). The van der Waals surface area contributed by atoms with E-state index in [1.54, 1.807) is 31.3 Å². The molecule has 0 aliphatic heterocycles. The molecule has 2 aromatic carbocycles. The molecule has 24 heavy (non-hydrogen) atoms. The van der Waals surface area contributed by atoms with E-state index >= 15 is 0 Å². The first kappa shape index (κ1) is 17.8. The van der Waals surface area contributed by atoms with Gasteiger partial charge in [-0.25, -0.2) is 4.39 Å².